The Labute approximate surface area is 96.9 Å². The fourth-order valence-corrected chi connectivity index (χ4v) is 2.75. The molecule has 0 bridgehead atoms. The quantitative estimate of drug-likeness (QED) is 0.502. The SMILES string of the molecule is OCC1CCC(CO)C(CCCC(O)O)C1. The summed E-state index contributed by atoms with van der Waals surface area (Å²) >= 11 is 0. The van der Waals surface area contributed by atoms with Crippen LogP contribution in [0.1, 0.15) is 38.5 Å². The van der Waals surface area contributed by atoms with Gasteiger partial charge in [-0.25, -0.2) is 0 Å². The van der Waals surface area contributed by atoms with E-state index < -0.39 is 6.29 Å². The first-order chi connectivity index (χ1) is 7.67. The molecule has 1 aliphatic rings. The Morgan fingerprint density at radius 2 is 1.75 bits per heavy atom. The topological polar surface area (TPSA) is 80.9 Å². The lowest BCUT2D eigenvalue weighted by Crippen LogP contribution is -2.29. The molecule has 0 saturated heterocycles. The Kier molecular flexibility index (Phi) is 6.28. The zero-order valence-corrected chi connectivity index (χ0v) is 9.76. The van der Waals surface area contributed by atoms with Crippen LogP contribution in [0, 0.1) is 17.8 Å². The van der Waals surface area contributed by atoms with Crippen molar-refractivity contribution in [3.05, 3.63) is 0 Å². The van der Waals surface area contributed by atoms with Gasteiger partial charge in [-0.2, -0.15) is 0 Å². The second kappa shape index (κ2) is 7.22. The van der Waals surface area contributed by atoms with Crippen molar-refractivity contribution in [1.82, 2.24) is 0 Å². The third-order valence-corrected chi connectivity index (χ3v) is 3.78. The molecule has 0 spiro atoms. The van der Waals surface area contributed by atoms with Crippen molar-refractivity contribution in [2.24, 2.45) is 17.8 Å². The molecule has 0 aliphatic heterocycles. The van der Waals surface area contributed by atoms with Gasteiger partial charge in [0.2, 0.25) is 0 Å². The average molecular weight is 232 g/mol. The number of aliphatic hydroxyl groups excluding tert-OH is 3. The summed E-state index contributed by atoms with van der Waals surface area (Å²) in [5.41, 5.74) is 0. The zero-order valence-electron chi connectivity index (χ0n) is 9.76. The highest BCUT2D eigenvalue weighted by atomic mass is 16.5. The maximum atomic E-state index is 9.27. The number of rotatable bonds is 6. The third kappa shape index (κ3) is 4.37. The smallest absolute Gasteiger partial charge is 0.151 e. The predicted molar refractivity (Wildman–Crippen MR) is 60.6 cm³/mol. The van der Waals surface area contributed by atoms with Crippen LogP contribution in [0.4, 0.5) is 0 Å². The molecule has 1 aliphatic carbocycles. The summed E-state index contributed by atoms with van der Waals surface area (Å²) in [6, 6.07) is 0. The minimum atomic E-state index is -1.22. The molecule has 4 N–H and O–H groups in total. The van der Waals surface area contributed by atoms with Gasteiger partial charge in [-0.3, -0.25) is 0 Å². The highest BCUT2D eigenvalue weighted by Gasteiger charge is 2.29. The van der Waals surface area contributed by atoms with Crippen molar-refractivity contribution in [3.63, 3.8) is 0 Å². The van der Waals surface area contributed by atoms with Crippen molar-refractivity contribution < 1.29 is 20.4 Å². The molecule has 4 heteroatoms. The molecule has 96 valence electrons. The number of hydrogen-bond donors (Lipinski definition) is 4. The van der Waals surface area contributed by atoms with Crippen LogP contribution in [0.5, 0.6) is 0 Å². The minimum Gasteiger partial charge on any atom is -0.396 e. The van der Waals surface area contributed by atoms with Crippen LogP contribution < -0.4 is 0 Å². The summed E-state index contributed by atoms with van der Waals surface area (Å²) in [7, 11) is 0. The number of hydrogen-bond acceptors (Lipinski definition) is 4. The first kappa shape index (κ1) is 13.9. The maximum absolute atomic E-state index is 9.27. The molecule has 3 unspecified atom stereocenters. The Balaban J connectivity index is 2.33. The highest BCUT2D eigenvalue weighted by Crippen LogP contribution is 2.36. The van der Waals surface area contributed by atoms with E-state index in [2.05, 4.69) is 0 Å². The van der Waals surface area contributed by atoms with Crippen LogP contribution in [0.25, 0.3) is 0 Å². The summed E-state index contributed by atoms with van der Waals surface area (Å²) in [6.45, 7) is 0.446. The summed E-state index contributed by atoms with van der Waals surface area (Å²) in [5.74, 6) is 1.13. The number of aliphatic hydroxyl groups is 4. The second-order valence-electron chi connectivity index (χ2n) is 4.98. The van der Waals surface area contributed by atoms with E-state index in [9.17, 15) is 5.11 Å². The lowest BCUT2D eigenvalue weighted by molar-refractivity contribution is -0.0483. The fourth-order valence-electron chi connectivity index (χ4n) is 2.75. The molecule has 0 aromatic carbocycles. The Bertz CT molecular complexity index is 184. The normalized spacial score (nSPS) is 30.9. The molecule has 1 saturated carbocycles. The predicted octanol–water partition coefficient (Wildman–Crippen LogP) is 0.484. The van der Waals surface area contributed by atoms with E-state index in [1.807, 2.05) is 0 Å². The minimum absolute atomic E-state index is 0.213. The van der Waals surface area contributed by atoms with Crippen LogP contribution in [-0.2, 0) is 0 Å². The van der Waals surface area contributed by atoms with E-state index in [4.69, 9.17) is 15.3 Å². The van der Waals surface area contributed by atoms with E-state index >= 15 is 0 Å². The van der Waals surface area contributed by atoms with Crippen LogP contribution in [0.3, 0.4) is 0 Å². The second-order valence-corrected chi connectivity index (χ2v) is 4.98. The maximum Gasteiger partial charge on any atom is 0.151 e. The van der Waals surface area contributed by atoms with Crippen LogP contribution in [0.15, 0.2) is 0 Å². The van der Waals surface area contributed by atoms with Crippen molar-refractivity contribution in [1.29, 1.82) is 0 Å². The van der Waals surface area contributed by atoms with E-state index in [0.29, 0.717) is 24.2 Å². The largest absolute Gasteiger partial charge is 0.396 e. The van der Waals surface area contributed by atoms with Crippen LogP contribution >= 0.6 is 0 Å². The Morgan fingerprint density at radius 3 is 2.31 bits per heavy atom. The van der Waals surface area contributed by atoms with Gasteiger partial charge in [0.15, 0.2) is 6.29 Å². The van der Waals surface area contributed by atoms with Crippen molar-refractivity contribution >= 4 is 0 Å². The van der Waals surface area contributed by atoms with Crippen LogP contribution in [-0.4, -0.2) is 39.9 Å². The van der Waals surface area contributed by atoms with Gasteiger partial charge < -0.3 is 20.4 Å². The van der Waals surface area contributed by atoms with Gasteiger partial charge in [-0.05, 0) is 56.3 Å². The fraction of sp³-hybridized carbons (Fsp3) is 1.00. The lowest BCUT2D eigenvalue weighted by Gasteiger charge is -2.34. The van der Waals surface area contributed by atoms with E-state index in [1.54, 1.807) is 0 Å². The summed E-state index contributed by atoms with van der Waals surface area (Å²) in [5, 5.41) is 35.9. The molecule has 3 atom stereocenters. The first-order valence-corrected chi connectivity index (χ1v) is 6.25. The summed E-state index contributed by atoms with van der Waals surface area (Å²) in [6.07, 6.45) is 3.82. The van der Waals surface area contributed by atoms with Crippen molar-refractivity contribution in [2.75, 3.05) is 13.2 Å². The molecule has 1 fully saturated rings. The monoisotopic (exact) mass is 232 g/mol. The van der Waals surface area contributed by atoms with Gasteiger partial charge in [0, 0.05) is 13.2 Å². The third-order valence-electron chi connectivity index (χ3n) is 3.78. The summed E-state index contributed by atoms with van der Waals surface area (Å²) in [4.78, 5) is 0. The molecule has 0 amide bonds. The molecule has 0 aromatic rings. The molecule has 16 heavy (non-hydrogen) atoms. The molecule has 4 nitrogen and oxygen atoms in total. The van der Waals surface area contributed by atoms with Gasteiger partial charge in [0.25, 0.3) is 0 Å². The van der Waals surface area contributed by atoms with E-state index in [1.165, 1.54) is 0 Å². The van der Waals surface area contributed by atoms with Crippen molar-refractivity contribution in [2.45, 2.75) is 44.8 Å². The molecular formula is C12H24O4. The van der Waals surface area contributed by atoms with Gasteiger partial charge >= 0.3 is 0 Å². The average Bonchev–Trinajstić information content (AvgIpc) is 2.28. The molecule has 0 aromatic heterocycles. The standard InChI is InChI=1S/C12H24O4/c13-7-9-4-5-11(8-14)10(6-9)2-1-3-12(15)16/h9-16H,1-8H2. The highest BCUT2D eigenvalue weighted by molar-refractivity contribution is 4.79. The molecule has 0 heterocycles. The van der Waals surface area contributed by atoms with Gasteiger partial charge in [0.1, 0.15) is 0 Å². The van der Waals surface area contributed by atoms with Crippen LogP contribution in [0.2, 0.25) is 0 Å². The molecule has 1 rings (SSSR count). The van der Waals surface area contributed by atoms with Gasteiger partial charge in [-0.15, -0.1) is 0 Å². The van der Waals surface area contributed by atoms with Crippen molar-refractivity contribution in [3.8, 4) is 0 Å². The zero-order chi connectivity index (χ0) is 12.0. The lowest BCUT2D eigenvalue weighted by atomic mass is 9.72. The molecular weight excluding hydrogens is 208 g/mol. The van der Waals surface area contributed by atoms with E-state index in [0.717, 1.165) is 32.1 Å². The van der Waals surface area contributed by atoms with Gasteiger partial charge in [0.05, 0.1) is 0 Å². The molecule has 0 radical (unpaired) electrons. The van der Waals surface area contributed by atoms with E-state index in [-0.39, 0.29) is 13.2 Å². The first-order valence-electron chi connectivity index (χ1n) is 6.25. The summed E-state index contributed by atoms with van der Waals surface area (Å²) < 4.78 is 0. The Morgan fingerprint density at radius 1 is 1.00 bits per heavy atom. The Hall–Kier alpha value is -0.160. The van der Waals surface area contributed by atoms with Gasteiger partial charge in [-0.1, -0.05) is 0 Å².